The van der Waals surface area contributed by atoms with Crippen LogP contribution in [0.1, 0.15) is 28.2 Å². The van der Waals surface area contributed by atoms with Crippen molar-refractivity contribution < 1.29 is 18.5 Å². The zero-order valence-electron chi connectivity index (χ0n) is 11.3. The normalized spacial score (nSPS) is 10.7. The Morgan fingerprint density at radius 1 is 1.50 bits per heavy atom. The van der Waals surface area contributed by atoms with Gasteiger partial charge in [0, 0.05) is 6.07 Å². The van der Waals surface area contributed by atoms with Crippen LogP contribution in [-0.4, -0.2) is 21.0 Å². The van der Waals surface area contributed by atoms with E-state index >= 15 is 0 Å². The van der Waals surface area contributed by atoms with Gasteiger partial charge in [0.25, 0.3) is 18.0 Å². The van der Waals surface area contributed by atoms with Gasteiger partial charge in [-0.1, -0.05) is 6.07 Å². The Morgan fingerprint density at radius 3 is 2.77 bits per heavy atom. The molecule has 116 valence electrons. The molecule has 1 amide bonds. The van der Waals surface area contributed by atoms with Gasteiger partial charge in [-0.3, -0.25) is 20.0 Å². The average Bonchev–Trinajstić information content (AvgIpc) is 2.80. The van der Waals surface area contributed by atoms with Gasteiger partial charge in [0.1, 0.15) is 5.69 Å². The second-order valence-corrected chi connectivity index (χ2v) is 4.36. The van der Waals surface area contributed by atoms with E-state index in [9.17, 15) is 23.7 Å². The van der Waals surface area contributed by atoms with Gasteiger partial charge in [-0.05, 0) is 13.0 Å². The van der Waals surface area contributed by atoms with E-state index in [1.54, 1.807) is 0 Å². The summed E-state index contributed by atoms with van der Waals surface area (Å²) in [6.07, 6.45) is -2.89. The van der Waals surface area contributed by atoms with Gasteiger partial charge in [-0.25, -0.2) is 8.78 Å². The minimum Gasteiger partial charge on any atom is -0.393 e. The third-order valence-electron chi connectivity index (χ3n) is 2.94. The third kappa shape index (κ3) is 2.71. The van der Waals surface area contributed by atoms with Crippen molar-refractivity contribution >= 4 is 23.0 Å². The molecular formula is C12H11F2N5O3. The van der Waals surface area contributed by atoms with Gasteiger partial charge in [0.05, 0.1) is 21.9 Å². The van der Waals surface area contributed by atoms with Crippen molar-refractivity contribution in [1.29, 1.82) is 0 Å². The number of benzene rings is 1. The number of nitrogens with one attached hydrogen (secondary N) is 2. The van der Waals surface area contributed by atoms with Crippen molar-refractivity contribution in [3.8, 4) is 0 Å². The summed E-state index contributed by atoms with van der Waals surface area (Å²) < 4.78 is 25.6. The lowest BCUT2D eigenvalue weighted by molar-refractivity contribution is -0.383. The number of aromatic amines is 1. The summed E-state index contributed by atoms with van der Waals surface area (Å²) in [6.45, 7) is 1.45. The average molecular weight is 311 g/mol. The van der Waals surface area contributed by atoms with Crippen molar-refractivity contribution in [1.82, 2.24) is 10.2 Å². The Bertz CT molecular complexity index is 744. The Labute approximate surface area is 122 Å². The monoisotopic (exact) mass is 311 g/mol. The van der Waals surface area contributed by atoms with Crippen LogP contribution in [-0.2, 0) is 0 Å². The third-order valence-corrected chi connectivity index (χ3v) is 2.94. The standard InChI is InChI=1S/C12H11F2N5O3/c1-5-9(10(11(13)14)18-17-5)16-12(20)6-3-2-4-7(8(6)15)19(21)22/h2-4,11H,15H2,1H3,(H,16,20)(H,17,18). The summed E-state index contributed by atoms with van der Waals surface area (Å²) in [6, 6.07) is 3.68. The molecule has 0 atom stereocenters. The van der Waals surface area contributed by atoms with Crippen molar-refractivity contribution in [2.24, 2.45) is 0 Å². The number of carbonyl (C=O) groups excluding carboxylic acids is 1. The largest absolute Gasteiger partial charge is 0.393 e. The second-order valence-electron chi connectivity index (χ2n) is 4.36. The lowest BCUT2D eigenvalue weighted by atomic mass is 10.1. The molecule has 4 N–H and O–H groups in total. The SMILES string of the molecule is Cc1[nH]nc(C(F)F)c1NC(=O)c1cccc([N+](=O)[O-])c1N. The molecule has 0 aliphatic carbocycles. The summed E-state index contributed by atoms with van der Waals surface area (Å²) in [5, 5.41) is 18.8. The molecule has 2 rings (SSSR count). The van der Waals surface area contributed by atoms with Crippen LogP contribution in [0.3, 0.4) is 0 Å². The van der Waals surface area contributed by atoms with Crippen LogP contribution in [0.25, 0.3) is 0 Å². The Kier molecular flexibility index (Phi) is 4.02. The zero-order valence-corrected chi connectivity index (χ0v) is 11.3. The van der Waals surface area contributed by atoms with E-state index in [2.05, 4.69) is 15.5 Å². The molecule has 8 nitrogen and oxygen atoms in total. The highest BCUT2D eigenvalue weighted by Gasteiger charge is 2.24. The number of para-hydroxylation sites is 1. The van der Waals surface area contributed by atoms with Crippen LogP contribution < -0.4 is 11.1 Å². The maximum absolute atomic E-state index is 12.8. The van der Waals surface area contributed by atoms with Gasteiger partial charge in [0.2, 0.25) is 0 Å². The van der Waals surface area contributed by atoms with Gasteiger partial charge >= 0.3 is 0 Å². The van der Waals surface area contributed by atoms with E-state index in [-0.39, 0.29) is 22.6 Å². The summed E-state index contributed by atoms with van der Waals surface area (Å²) in [4.78, 5) is 22.2. The summed E-state index contributed by atoms with van der Waals surface area (Å²) in [5.74, 6) is -0.840. The molecule has 0 spiro atoms. The number of hydrogen-bond acceptors (Lipinski definition) is 5. The predicted octanol–water partition coefficient (Wildman–Crippen LogP) is 2.40. The molecule has 0 fully saturated rings. The highest BCUT2D eigenvalue weighted by molar-refractivity contribution is 6.09. The molecule has 10 heteroatoms. The molecule has 0 aliphatic rings. The number of hydrogen-bond donors (Lipinski definition) is 3. The lowest BCUT2D eigenvalue weighted by Gasteiger charge is -2.08. The summed E-state index contributed by atoms with van der Waals surface area (Å²) >= 11 is 0. The Morgan fingerprint density at radius 2 is 2.18 bits per heavy atom. The van der Waals surface area contributed by atoms with E-state index < -0.39 is 28.6 Å². The van der Waals surface area contributed by atoms with Crippen LogP contribution >= 0.6 is 0 Å². The minimum absolute atomic E-state index is 0.175. The number of halogens is 2. The second kappa shape index (κ2) is 5.76. The number of nitrogens with two attached hydrogens (primary N) is 1. The molecule has 0 aliphatic heterocycles. The van der Waals surface area contributed by atoms with Gasteiger partial charge in [-0.2, -0.15) is 5.10 Å². The van der Waals surface area contributed by atoms with E-state index in [0.717, 1.165) is 6.07 Å². The number of H-pyrrole nitrogens is 1. The molecule has 0 bridgehead atoms. The number of nitro benzene ring substituents is 1. The molecule has 0 radical (unpaired) electrons. The number of nitrogens with zero attached hydrogens (tertiary/aromatic N) is 2. The van der Waals surface area contributed by atoms with E-state index in [1.807, 2.05) is 0 Å². The minimum atomic E-state index is -2.89. The fourth-order valence-corrected chi connectivity index (χ4v) is 1.85. The summed E-state index contributed by atoms with van der Waals surface area (Å²) in [5.41, 5.74) is 4.05. The van der Waals surface area contributed by atoms with Crippen LogP contribution in [0.4, 0.5) is 25.8 Å². The first kappa shape index (κ1) is 15.4. The van der Waals surface area contributed by atoms with Gasteiger partial charge in [-0.15, -0.1) is 0 Å². The van der Waals surface area contributed by atoms with Crippen LogP contribution in [0.5, 0.6) is 0 Å². The summed E-state index contributed by atoms with van der Waals surface area (Å²) in [7, 11) is 0. The van der Waals surface area contributed by atoms with Crippen LogP contribution in [0.15, 0.2) is 18.2 Å². The maximum atomic E-state index is 12.8. The van der Waals surface area contributed by atoms with Gasteiger partial charge in [0.15, 0.2) is 5.69 Å². The lowest BCUT2D eigenvalue weighted by Crippen LogP contribution is -2.16. The highest BCUT2D eigenvalue weighted by atomic mass is 19.3. The molecule has 22 heavy (non-hydrogen) atoms. The predicted molar refractivity (Wildman–Crippen MR) is 73.7 cm³/mol. The molecule has 1 heterocycles. The first-order valence-electron chi connectivity index (χ1n) is 6.00. The fraction of sp³-hybridized carbons (Fsp3) is 0.167. The molecule has 2 aromatic rings. The number of aryl methyl sites for hydroxylation is 1. The Balaban J connectivity index is 2.37. The molecule has 0 saturated carbocycles. The molecular weight excluding hydrogens is 300 g/mol. The number of carbonyl (C=O) groups is 1. The van der Waals surface area contributed by atoms with Crippen molar-refractivity contribution in [2.45, 2.75) is 13.3 Å². The topological polar surface area (TPSA) is 127 Å². The Hall–Kier alpha value is -3.04. The van der Waals surface area contributed by atoms with Crippen molar-refractivity contribution in [3.05, 3.63) is 45.3 Å². The molecule has 1 aromatic heterocycles. The highest BCUT2D eigenvalue weighted by Crippen LogP contribution is 2.29. The molecule has 1 aromatic carbocycles. The molecule has 0 saturated heterocycles. The first-order valence-corrected chi connectivity index (χ1v) is 6.00. The van der Waals surface area contributed by atoms with Gasteiger partial charge < -0.3 is 11.1 Å². The maximum Gasteiger partial charge on any atom is 0.292 e. The quantitative estimate of drug-likeness (QED) is 0.454. The number of amides is 1. The number of anilines is 2. The number of nitro groups is 1. The van der Waals surface area contributed by atoms with E-state index in [4.69, 9.17) is 5.73 Å². The molecule has 0 unspecified atom stereocenters. The van der Waals surface area contributed by atoms with E-state index in [1.165, 1.54) is 19.1 Å². The smallest absolute Gasteiger partial charge is 0.292 e. The van der Waals surface area contributed by atoms with Crippen LogP contribution in [0, 0.1) is 17.0 Å². The first-order chi connectivity index (χ1) is 10.3. The zero-order chi connectivity index (χ0) is 16.4. The van der Waals surface area contributed by atoms with E-state index in [0.29, 0.717) is 0 Å². The number of alkyl halides is 2. The van der Waals surface area contributed by atoms with Crippen LogP contribution in [0.2, 0.25) is 0 Å². The number of aromatic nitrogens is 2. The number of rotatable bonds is 4. The number of nitrogen functional groups attached to an aromatic ring is 1. The van der Waals surface area contributed by atoms with Crippen molar-refractivity contribution in [3.63, 3.8) is 0 Å². The van der Waals surface area contributed by atoms with Crippen molar-refractivity contribution in [2.75, 3.05) is 11.1 Å². The fourth-order valence-electron chi connectivity index (χ4n) is 1.85.